The van der Waals surface area contributed by atoms with Crippen LogP contribution in [0, 0.1) is 0 Å². The van der Waals surface area contributed by atoms with Gasteiger partial charge in [0.1, 0.15) is 0 Å². The predicted octanol–water partition coefficient (Wildman–Crippen LogP) is 1.16. The van der Waals surface area contributed by atoms with Gasteiger partial charge in [0.2, 0.25) is 0 Å². The largest absolute Gasteiger partial charge is 0.394 e. The van der Waals surface area contributed by atoms with E-state index in [1.165, 1.54) is 12.0 Å². The number of aliphatic hydroxyl groups is 1. The van der Waals surface area contributed by atoms with Gasteiger partial charge in [0, 0.05) is 18.1 Å². The number of nitrogens with zero attached hydrogens (tertiary/aromatic N) is 1. The van der Waals surface area contributed by atoms with E-state index in [1.807, 2.05) is 0 Å². The lowest BCUT2D eigenvalue weighted by molar-refractivity contribution is 0.0818. The van der Waals surface area contributed by atoms with Crippen LogP contribution in [-0.4, -0.2) is 34.7 Å². The molecule has 0 bridgehead atoms. The average molecular weight is 167 g/mol. The third-order valence-corrected chi connectivity index (χ3v) is 3.44. The Morgan fingerprint density at radius 2 is 2.50 bits per heavy atom. The minimum Gasteiger partial charge on any atom is -0.394 e. The Kier molecular flexibility index (Phi) is 1.77. The second kappa shape index (κ2) is 2.57. The molecule has 2 heteroatoms. The highest BCUT2D eigenvalue weighted by Gasteiger charge is 2.48. The van der Waals surface area contributed by atoms with Crippen LogP contribution in [-0.2, 0) is 0 Å². The van der Waals surface area contributed by atoms with Gasteiger partial charge in [0.25, 0.3) is 0 Å². The summed E-state index contributed by atoms with van der Waals surface area (Å²) in [5.74, 6) is 0. The van der Waals surface area contributed by atoms with Gasteiger partial charge < -0.3 is 5.11 Å². The molecule has 2 aliphatic rings. The maximum atomic E-state index is 9.38. The number of rotatable bonds is 1. The van der Waals surface area contributed by atoms with E-state index in [2.05, 4.69) is 18.4 Å². The van der Waals surface area contributed by atoms with Crippen LogP contribution in [0.5, 0.6) is 0 Å². The summed E-state index contributed by atoms with van der Waals surface area (Å²) in [6.45, 7) is 7.56. The van der Waals surface area contributed by atoms with Gasteiger partial charge >= 0.3 is 0 Å². The molecular weight excluding hydrogens is 150 g/mol. The summed E-state index contributed by atoms with van der Waals surface area (Å²) < 4.78 is 0. The van der Waals surface area contributed by atoms with Gasteiger partial charge in [-0.05, 0) is 26.2 Å². The zero-order valence-electron chi connectivity index (χ0n) is 7.71. The Hall–Kier alpha value is -0.340. The molecule has 2 aliphatic heterocycles. The monoisotopic (exact) mass is 167 g/mol. The van der Waals surface area contributed by atoms with E-state index < -0.39 is 0 Å². The van der Waals surface area contributed by atoms with Gasteiger partial charge in [0.05, 0.1) is 6.61 Å². The highest BCUT2D eigenvalue weighted by Crippen LogP contribution is 2.43. The van der Waals surface area contributed by atoms with Crippen LogP contribution >= 0.6 is 0 Å². The van der Waals surface area contributed by atoms with Crippen molar-refractivity contribution in [3.8, 4) is 0 Å². The minimum atomic E-state index is 0.0799. The SMILES string of the molecule is C=C1CN2C(C)CCC2(CO)C1. The van der Waals surface area contributed by atoms with Crippen molar-refractivity contribution in [2.75, 3.05) is 13.2 Å². The van der Waals surface area contributed by atoms with E-state index in [-0.39, 0.29) is 5.54 Å². The Balaban J connectivity index is 2.25. The van der Waals surface area contributed by atoms with Gasteiger partial charge in [-0.2, -0.15) is 0 Å². The van der Waals surface area contributed by atoms with Crippen molar-refractivity contribution in [1.29, 1.82) is 0 Å². The number of fused-ring (bicyclic) bond motifs is 1. The summed E-state index contributed by atoms with van der Waals surface area (Å²) in [4.78, 5) is 2.43. The molecule has 0 aliphatic carbocycles. The molecule has 2 nitrogen and oxygen atoms in total. The first-order valence-corrected chi connectivity index (χ1v) is 4.72. The van der Waals surface area contributed by atoms with Crippen molar-refractivity contribution in [2.45, 2.75) is 37.8 Å². The summed E-state index contributed by atoms with van der Waals surface area (Å²) in [5, 5.41) is 9.38. The normalized spacial score (nSPS) is 42.2. The van der Waals surface area contributed by atoms with Crippen LogP contribution in [0.1, 0.15) is 26.2 Å². The quantitative estimate of drug-likeness (QED) is 0.592. The van der Waals surface area contributed by atoms with Crippen molar-refractivity contribution >= 4 is 0 Å². The average Bonchev–Trinajstić information content (AvgIpc) is 2.51. The molecule has 2 unspecified atom stereocenters. The van der Waals surface area contributed by atoms with E-state index in [4.69, 9.17) is 0 Å². The van der Waals surface area contributed by atoms with Crippen molar-refractivity contribution in [1.82, 2.24) is 4.90 Å². The van der Waals surface area contributed by atoms with E-state index in [1.54, 1.807) is 0 Å². The van der Waals surface area contributed by atoms with Gasteiger partial charge in [-0.1, -0.05) is 12.2 Å². The Labute approximate surface area is 73.9 Å². The molecule has 0 aromatic heterocycles. The molecule has 68 valence electrons. The van der Waals surface area contributed by atoms with Gasteiger partial charge in [-0.15, -0.1) is 0 Å². The molecule has 12 heavy (non-hydrogen) atoms. The highest BCUT2D eigenvalue weighted by molar-refractivity contribution is 5.18. The highest BCUT2D eigenvalue weighted by atomic mass is 16.3. The van der Waals surface area contributed by atoms with Crippen molar-refractivity contribution in [3.63, 3.8) is 0 Å². The number of hydrogen-bond acceptors (Lipinski definition) is 2. The zero-order chi connectivity index (χ0) is 8.77. The summed E-state index contributed by atoms with van der Waals surface area (Å²) in [6, 6.07) is 0.636. The fourth-order valence-corrected chi connectivity index (χ4v) is 2.75. The zero-order valence-corrected chi connectivity index (χ0v) is 7.71. The molecule has 2 saturated heterocycles. The maximum absolute atomic E-state index is 9.38. The molecule has 2 atom stereocenters. The summed E-state index contributed by atoms with van der Waals surface area (Å²) >= 11 is 0. The first kappa shape index (κ1) is 8.27. The molecule has 0 amide bonds. The molecule has 0 aromatic rings. The molecule has 2 heterocycles. The smallest absolute Gasteiger partial charge is 0.0618 e. The Bertz CT molecular complexity index is 214. The Morgan fingerprint density at radius 3 is 3.08 bits per heavy atom. The lowest BCUT2D eigenvalue weighted by Gasteiger charge is -2.31. The van der Waals surface area contributed by atoms with Crippen LogP contribution in [0.25, 0.3) is 0 Å². The maximum Gasteiger partial charge on any atom is 0.0618 e. The van der Waals surface area contributed by atoms with Crippen LogP contribution in [0.2, 0.25) is 0 Å². The van der Waals surface area contributed by atoms with Crippen LogP contribution < -0.4 is 0 Å². The summed E-state index contributed by atoms with van der Waals surface area (Å²) in [5.41, 5.74) is 1.37. The first-order chi connectivity index (χ1) is 5.68. The van der Waals surface area contributed by atoms with Crippen LogP contribution in [0.15, 0.2) is 12.2 Å². The van der Waals surface area contributed by atoms with E-state index in [0.29, 0.717) is 12.6 Å². The first-order valence-electron chi connectivity index (χ1n) is 4.72. The Morgan fingerprint density at radius 1 is 1.75 bits per heavy atom. The fraction of sp³-hybridized carbons (Fsp3) is 0.800. The van der Waals surface area contributed by atoms with Crippen molar-refractivity contribution in [2.24, 2.45) is 0 Å². The van der Waals surface area contributed by atoms with Gasteiger partial charge in [0.15, 0.2) is 0 Å². The standard InChI is InChI=1S/C10H17NO/c1-8-5-10(7-12)4-3-9(2)11(10)6-8/h9,12H,1,3-7H2,2H3. The molecule has 0 radical (unpaired) electrons. The van der Waals surface area contributed by atoms with Crippen molar-refractivity contribution < 1.29 is 5.11 Å². The van der Waals surface area contributed by atoms with Crippen LogP contribution in [0.3, 0.4) is 0 Å². The molecule has 1 N–H and O–H groups in total. The van der Waals surface area contributed by atoms with Gasteiger partial charge in [-0.25, -0.2) is 0 Å². The van der Waals surface area contributed by atoms with E-state index >= 15 is 0 Å². The molecule has 2 fully saturated rings. The second-order valence-electron chi connectivity index (χ2n) is 4.32. The fourth-order valence-electron chi connectivity index (χ4n) is 2.75. The molecule has 0 aromatic carbocycles. The summed E-state index contributed by atoms with van der Waals surface area (Å²) in [6.07, 6.45) is 3.38. The second-order valence-corrected chi connectivity index (χ2v) is 4.32. The minimum absolute atomic E-state index is 0.0799. The molecular formula is C10H17NO. The number of aliphatic hydroxyl groups excluding tert-OH is 1. The lowest BCUT2D eigenvalue weighted by Crippen LogP contribution is -2.44. The lowest BCUT2D eigenvalue weighted by atomic mass is 9.94. The van der Waals surface area contributed by atoms with Crippen LogP contribution in [0.4, 0.5) is 0 Å². The molecule has 2 rings (SSSR count). The topological polar surface area (TPSA) is 23.5 Å². The van der Waals surface area contributed by atoms with Crippen molar-refractivity contribution in [3.05, 3.63) is 12.2 Å². The third-order valence-electron chi connectivity index (χ3n) is 3.44. The third kappa shape index (κ3) is 0.947. The number of hydrogen-bond donors (Lipinski definition) is 1. The molecule has 0 saturated carbocycles. The predicted molar refractivity (Wildman–Crippen MR) is 49.0 cm³/mol. The van der Waals surface area contributed by atoms with E-state index in [0.717, 1.165) is 19.4 Å². The molecule has 0 spiro atoms. The van der Waals surface area contributed by atoms with Gasteiger partial charge in [-0.3, -0.25) is 4.90 Å². The van der Waals surface area contributed by atoms with E-state index in [9.17, 15) is 5.11 Å². The summed E-state index contributed by atoms with van der Waals surface area (Å²) in [7, 11) is 0.